The molecule has 0 aliphatic carbocycles. The number of nitrogens with zero attached hydrogens (tertiary/aromatic N) is 2. The Morgan fingerprint density at radius 1 is 1.60 bits per heavy atom. The molecule has 1 aromatic heterocycles. The second-order valence-electron chi connectivity index (χ2n) is 3.48. The molecule has 2 rings (SSSR count). The van der Waals surface area contributed by atoms with E-state index in [0.29, 0.717) is 13.0 Å². The normalized spacial score (nSPS) is 20.3. The van der Waals surface area contributed by atoms with Crippen LogP contribution in [0.15, 0.2) is 17.2 Å². The van der Waals surface area contributed by atoms with Gasteiger partial charge in [0.15, 0.2) is 5.15 Å². The maximum Gasteiger partial charge on any atom is 0.288 e. The number of hydrogen-bond donors (Lipinski definition) is 1. The number of aromatic nitrogens is 2. The maximum atomic E-state index is 11.5. The SMILES string of the molecule is O=C1CCC(Cn2ccnc(Cl)c2=O)N1. The van der Waals surface area contributed by atoms with Crippen LogP contribution in [0.3, 0.4) is 0 Å². The minimum Gasteiger partial charge on any atom is -0.352 e. The summed E-state index contributed by atoms with van der Waals surface area (Å²) in [6, 6.07) is 0.0219. The lowest BCUT2D eigenvalue weighted by atomic mass is 10.2. The van der Waals surface area contributed by atoms with Crippen molar-refractivity contribution in [2.24, 2.45) is 0 Å². The molecule has 1 aliphatic rings. The summed E-state index contributed by atoms with van der Waals surface area (Å²) >= 11 is 5.60. The van der Waals surface area contributed by atoms with Gasteiger partial charge in [0.05, 0.1) is 0 Å². The van der Waals surface area contributed by atoms with Gasteiger partial charge in [-0.25, -0.2) is 4.98 Å². The van der Waals surface area contributed by atoms with Crippen molar-refractivity contribution in [2.45, 2.75) is 25.4 Å². The summed E-state index contributed by atoms with van der Waals surface area (Å²) < 4.78 is 1.46. The van der Waals surface area contributed by atoms with Crippen LogP contribution >= 0.6 is 11.6 Å². The number of carbonyl (C=O) groups is 1. The average molecular weight is 228 g/mol. The second kappa shape index (κ2) is 4.02. The Balaban J connectivity index is 2.14. The van der Waals surface area contributed by atoms with E-state index in [-0.39, 0.29) is 22.7 Å². The molecule has 1 aromatic rings. The van der Waals surface area contributed by atoms with Gasteiger partial charge in [0, 0.05) is 31.4 Å². The van der Waals surface area contributed by atoms with E-state index in [0.717, 1.165) is 6.42 Å². The summed E-state index contributed by atoms with van der Waals surface area (Å²) in [5.41, 5.74) is -0.319. The van der Waals surface area contributed by atoms with Crippen LogP contribution in [0, 0.1) is 0 Å². The van der Waals surface area contributed by atoms with Crippen molar-refractivity contribution in [1.82, 2.24) is 14.9 Å². The molecule has 0 bridgehead atoms. The average Bonchev–Trinajstić information content (AvgIpc) is 2.59. The van der Waals surface area contributed by atoms with Crippen molar-refractivity contribution in [2.75, 3.05) is 0 Å². The van der Waals surface area contributed by atoms with Gasteiger partial charge in [-0.1, -0.05) is 11.6 Å². The second-order valence-corrected chi connectivity index (χ2v) is 3.84. The molecule has 0 saturated carbocycles. The summed E-state index contributed by atoms with van der Waals surface area (Å²) in [7, 11) is 0. The number of carbonyl (C=O) groups excluding carboxylic acids is 1. The van der Waals surface area contributed by atoms with Crippen LogP contribution in [0.2, 0.25) is 5.15 Å². The lowest BCUT2D eigenvalue weighted by molar-refractivity contribution is -0.119. The highest BCUT2D eigenvalue weighted by molar-refractivity contribution is 6.29. The summed E-state index contributed by atoms with van der Waals surface area (Å²) in [6.45, 7) is 0.451. The molecule has 1 fully saturated rings. The predicted molar refractivity (Wildman–Crippen MR) is 54.7 cm³/mol. The number of hydrogen-bond acceptors (Lipinski definition) is 3. The van der Waals surface area contributed by atoms with Gasteiger partial charge < -0.3 is 9.88 Å². The molecule has 80 valence electrons. The third-order valence-electron chi connectivity index (χ3n) is 2.37. The highest BCUT2D eigenvalue weighted by Crippen LogP contribution is 2.08. The molecule has 1 unspecified atom stereocenters. The van der Waals surface area contributed by atoms with E-state index in [1.54, 1.807) is 6.20 Å². The van der Waals surface area contributed by atoms with E-state index >= 15 is 0 Å². The van der Waals surface area contributed by atoms with Crippen molar-refractivity contribution in [3.63, 3.8) is 0 Å². The van der Waals surface area contributed by atoms with E-state index in [1.807, 2.05) is 0 Å². The first-order valence-electron chi connectivity index (χ1n) is 4.67. The molecular formula is C9H10ClN3O2. The van der Waals surface area contributed by atoms with E-state index in [2.05, 4.69) is 10.3 Å². The van der Waals surface area contributed by atoms with E-state index in [1.165, 1.54) is 10.8 Å². The molecule has 0 aromatic carbocycles. The summed E-state index contributed by atoms with van der Waals surface area (Å²) in [6.07, 6.45) is 4.32. The molecule has 1 saturated heterocycles. The fourth-order valence-electron chi connectivity index (χ4n) is 1.62. The smallest absolute Gasteiger partial charge is 0.288 e. The molecule has 15 heavy (non-hydrogen) atoms. The van der Waals surface area contributed by atoms with Gasteiger partial charge in [-0.3, -0.25) is 9.59 Å². The molecule has 2 heterocycles. The van der Waals surface area contributed by atoms with Crippen molar-refractivity contribution < 1.29 is 4.79 Å². The number of amides is 1. The largest absolute Gasteiger partial charge is 0.352 e. The number of nitrogens with one attached hydrogen (secondary N) is 1. The number of halogens is 1. The first kappa shape index (κ1) is 10.2. The van der Waals surface area contributed by atoms with Gasteiger partial charge in [0.1, 0.15) is 0 Å². The molecule has 0 radical (unpaired) electrons. The lowest BCUT2D eigenvalue weighted by Gasteiger charge is -2.11. The Labute approximate surface area is 91.1 Å². The Hall–Kier alpha value is -1.36. The van der Waals surface area contributed by atoms with Crippen molar-refractivity contribution >= 4 is 17.5 Å². The number of rotatable bonds is 2. The molecule has 5 nitrogen and oxygen atoms in total. The van der Waals surface area contributed by atoms with E-state index in [4.69, 9.17) is 11.6 Å². The minimum atomic E-state index is -0.319. The van der Waals surface area contributed by atoms with Crippen LogP contribution in [0.1, 0.15) is 12.8 Å². The topological polar surface area (TPSA) is 64.0 Å². The molecule has 1 aliphatic heterocycles. The van der Waals surface area contributed by atoms with Crippen LogP contribution < -0.4 is 10.9 Å². The highest BCUT2D eigenvalue weighted by atomic mass is 35.5. The van der Waals surface area contributed by atoms with Gasteiger partial charge in [0.2, 0.25) is 5.91 Å². The van der Waals surface area contributed by atoms with Crippen LogP contribution in [0.25, 0.3) is 0 Å². The molecule has 1 amide bonds. The zero-order valence-corrected chi connectivity index (χ0v) is 8.70. The quantitative estimate of drug-likeness (QED) is 0.784. The van der Waals surface area contributed by atoms with Crippen molar-refractivity contribution in [3.8, 4) is 0 Å². The van der Waals surface area contributed by atoms with E-state index in [9.17, 15) is 9.59 Å². The van der Waals surface area contributed by atoms with Crippen LogP contribution in [0.4, 0.5) is 0 Å². The van der Waals surface area contributed by atoms with Crippen LogP contribution in [-0.2, 0) is 11.3 Å². The van der Waals surface area contributed by atoms with Crippen LogP contribution in [-0.4, -0.2) is 21.5 Å². The Morgan fingerprint density at radius 3 is 3.07 bits per heavy atom. The third-order valence-corrected chi connectivity index (χ3v) is 2.63. The van der Waals surface area contributed by atoms with Gasteiger partial charge >= 0.3 is 0 Å². The standard InChI is InChI=1S/C9H10ClN3O2/c10-8-9(15)13(4-3-11-8)5-6-1-2-7(14)12-6/h3-4,6H,1-2,5H2,(H,12,14). The maximum absolute atomic E-state index is 11.5. The molecule has 1 atom stereocenters. The zero-order chi connectivity index (χ0) is 10.8. The van der Waals surface area contributed by atoms with Crippen molar-refractivity contribution in [3.05, 3.63) is 27.9 Å². The predicted octanol–water partition coefficient (Wildman–Crippen LogP) is 0.175. The Bertz CT molecular complexity index is 443. The fraction of sp³-hybridized carbons (Fsp3) is 0.444. The summed E-state index contributed by atoms with van der Waals surface area (Å²) in [5, 5.41) is 2.75. The Morgan fingerprint density at radius 2 is 2.40 bits per heavy atom. The van der Waals surface area contributed by atoms with E-state index < -0.39 is 0 Å². The zero-order valence-electron chi connectivity index (χ0n) is 7.94. The van der Waals surface area contributed by atoms with Gasteiger partial charge in [0.25, 0.3) is 5.56 Å². The first-order chi connectivity index (χ1) is 7.16. The Kier molecular flexibility index (Phi) is 2.73. The molecule has 0 spiro atoms. The minimum absolute atomic E-state index is 0.0219. The van der Waals surface area contributed by atoms with Gasteiger partial charge in [-0.15, -0.1) is 0 Å². The lowest BCUT2D eigenvalue weighted by Crippen LogP contribution is -2.33. The van der Waals surface area contributed by atoms with Gasteiger partial charge in [-0.05, 0) is 6.42 Å². The molecule has 6 heteroatoms. The molecular weight excluding hydrogens is 218 g/mol. The first-order valence-corrected chi connectivity index (χ1v) is 5.05. The van der Waals surface area contributed by atoms with Gasteiger partial charge in [-0.2, -0.15) is 0 Å². The highest BCUT2D eigenvalue weighted by Gasteiger charge is 2.21. The monoisotopic (exact) mass is 227 g/mol. The summed E-state index contributed by atoms with van der Waals surface area (Å²) in [4.78, 5) is 26.1. The van der Waals surface area contributed by atoms with Crippen LogP contribution in [0.5, 0.6) is 0 Å². The molecule has 1 N–H and O–H groups in total. The fourth-order valence-corrected chi connectivity index (χ4v) is 1.78. The van der Waals surface area contributed by atoms with Crippen molar-refractivity contribution in [1.29, 1.82) is 0 Å². The third kappa shape index (κ3) is 2.18. The summed E-state index contributed by atoms with van der Waals surface area (Å²) in [5.74, 6) is 0.0354.